The SMILES string of the molecule is Cc1c(C(=O)Oc2ccccc2F)sc2ncn(Cc3ccccc3F)c(=O)c12. The predicted octanol–water partition coefficient (Wildman–Crippen LogP) is 4.31. The summed E-state index contributed by atoms with van der Waals surface area (Å²) < 4.78 is 34.1. The van der Waals surface area contributed by atoms with E-state index in [0.29, 0.717) is 16.0 Å². The van der Waals surface area contributed by atoms with Gasteiger partial charge in [-0.3, -0.25) is 9.36 Å². The number of fused-ring (bicyclic) bond motifs is 1. The predicted molar refractivity (Wildman–Crippen MR) is 105 cm³/mol. The van der Waals surface area contributed by atoms with E-state index in [2.05, 4.69) is 4.98 Å². The molecule has 0 fully saturated rings. The monoisotopic (exact) mass is 412 g/mol. The van der Waals surface area contributed by atoms with Crippen molar-refractivity contribution in [2.75, 3.05) is 0 Å². The first-order valence-corrected chi connectivity index (χ1v) is 9.46. The van der Waals surface area contributed by atoms with Gasteiger partial charge in [-0.2, -0.15) is 0 Å². The molecule has 0 N–H and O–H groups in total. The van der Waals surface area contributed by atoms with Crippen molar-refractivity contribution in [3.63, 3.8) is 0 Å². The molecule has 146 valence electrons. The molecule has 2 aromatic carbocycles. The Morgan fingerprint density at radius 3 is 2.52 bits per heavy atom. The summed E-state index contributed by atoms with van der Waals surface area (Å²) in [6, 6.07) is 11.7. The molecule has 0 saturated heterocycles. The summed E-state index contributed by atoms with van der Waals surface area (Å²) in [6.07, 6.45) is 1.32. The molecule has 4 aromatic rings. The third-order valence-electron chi connectivity index (χ3n) is 4.44. The van der Waals surface area contributed by atoms with Crippen molar-refractivity contribution in [2.24, 2.45) is 0 Å². The van der Waals surface area contributed by atoms with E-state index < -0.39 is 23.2 Å². The van der Waals surface area contributed by atoms with Crippen molar-refractivity contribution in [1.82, 2.24) is 9.55 Å². The van der Waals surface area contributed by atoms with Gasteiger partial charge in [-0.05, 0) is 30.7 Å². The summed E-state index contributed by atoms with van der Waals surface area (Å²) in [4.78, 5) is 30.2. The van der Waals surface area contributed by atoms with Gasteiger partial charge in [0.2, 0.25) is 0 Å². The van der Waals surface area contributed by atoms with Gasteiger partial charge in [-0.1, -0.05) is 30.3 Å². The Hall–Kier alpha value is -3.39. The lowest BCUT2D eigenvalue weighted by atomic mass is 10.2. The fraction of sp³-hybridized carbons (Fsp3) is 0.0952. The molecule has 5 nitrogen and oxygen atoms in total. The molecule has 0 spiro atoms. The Labute approximate surface area is 167 Å². The Bertz CT molecular complexity index is 1300. The van der Waals surface area contributed by atoms with Gasteiger partial charge in [-0.25, -0.2) is 18.6 Å². The Balaban J connectivity index is 1.71. The maximum Gasteiger partial charge on any atom is 0.354 e. The van der Waals surface area contributed by atoms with E-state index in [1.165, 1.54) is 35.2 Å². The van der Waals surface area contributed by atoms with Crippen molar-refractivity contribution in [3.05, 3.63) is 92.9 Å². The molecule has 2 aromatic heterocycles. The molecule has 0 aliphatic rings. The van der Waals surface area contributed by atoms with Crippen molar-refractivity contribution in [1.29, 1.82) is 0 Å². The normalized spacial score (nSPS) is 11.0. The maximum atomic E-state index is 13.9. The van der Waals surface area contributed by atoms with E-state index in [1.807, 2.05) is 0 Å². The topological polar surface area (TPSA) is 61.2 Å². The standard InChI is InChI=1S/C21H14F2N2O3S/c1-12-17-19(29-18(12)21(27)28-16-9-5-4-8-15(16)23)24-11-25(20(17)26)10-13-6-2-3-7-14(13)22/h2-9,11H,10H2,1H3. The van der Waals surface area contributed by atoms with Gasteiger partial charge in [0.1, 0.15) is 15.5 Å². The number of benzene rings is 2. The number of carbonyl (C=O) groups is 1. The number of thiophene rings is 1. The summed E-state index contributed by atoms with van der Waals surface area (Å²) >= 11 is 0.994. The lowest BCUT2D eigenvalue weighted by Crippen LogP contribution is -2.21. The van der Waals surface area contributed by atoms with Crippen LogP contribution in [-0.4, -0.2) is 15.5 Å². The number of esters is 1. The second-order valence-electron chi connectivity index (χ2n) is 6.33. The molecule has 8 heteroatoms. The van der Waals surface area contributed by atoms with E-state index >= 15 is 0 Å². The molecule has 0 aliphatic heterocycles. The fourth-order valence-electron chi connectivity index (χ4n) is 2.95. The molecule has 0 amide bonds. The van der Waals surface area contributed by atoms with Crippen molar-refractivity contribution < 1.29 is 18.3 Å². The van der Waals surface area contributed by atoms with Gasteiger partial charge < -0.3 is 4.74 Å². The molecule has 4 rings (SSSR count). The summed E-state index contributed by atoms with van der Waals surface area (Å²) in [5, 5.41) is 0.259. The van der Waals surface area contributed by atoms with E-state index in [-0.39, 0.29) is 22.6 Å². The molecule has 0 saturated carbocycles. The van der Waals surface area contributed by atoms with E-state index in [1.54, 1.807) is 31.2 Å². The first kappa shape index (κ1) is 18.9. The van der Waals surface area contributed by atoms with E-state index in [0.717, 1.165) is 11.3 Å². The van der Waals surface area contributed by atoms with Crippen LogP contribution >= 0.6 is 11.3 Å². The van der Waals surface area contributed by atoms with Crippen LogP contribution in [0.1, 0.15) is 20.8 Å². The highest BCUT2D eigenvalue weighted by Gasteiger charge is 2.22. The number of ether oxygens (including phenoxy) is 1. The quantitative estimate of drug-likeness (QED) is 0.370. The second-order valence-corrected chi connectivity index (χ2v) is 7.32. The maximum absolute atomic E-state index is 13.9. The number of hydrogen-bond acceptors (Lipinski definition) is 5. The third-order valence-corrected chi connectivity index (χ3v) is 5.62. The number of carbonyl (C=O) groups excluding carboxylic acids is 1. The van der Waals surface area contributed by atoms with Crippen LogP contribution in [0.5, 0.6) is 5.75 Å². The van der Waals surface area contributed by atoms with Crippen LogP contribution in [0.4, 0.5) is 8.78 Å². The van der Waals surface area contributed by atoms with Gasteiger partial charge in [0.25, 0.3) is 5.56 Å². The summed E-state index contributed by atoms with van der Waals surface area (Å²) in [5.41, 5.74) is 0.353. The average molecular weight is 412 g/mol. The van der Waals surface area contributed by atoms with Gasteiger partial charge in [-0.15, -0.1) is 11.3 Å². The number of para-hydroxylation sites is 1. The molecular formula is C21H14F2N2O3S. The Morgan fingerprint density at radius 1 is 1.10 bits per heavy atom. The smallest absolute Gasteiger partial charge is 0.354 e. The zero-order valence-electron chi connectivity index (χ0n) is 15.2. The number of aryl methyl sites for hydroxylation is 1. The summed E-state index contributed by atoms with van der Waals surface area (Å²) in [7, 11) is 0. The van der Waals surface area contributed by atoms with Crippen molar-refractivity contribution in [3.8, 4) is 5.75 Å². The van der Waals surface area contributed by atoms with Crippen LogP contribution in [-0.2, 0) is 6.54 Å². The van der Waals surface area contributed by atoms with Crippen molar-refractivity contribution in [2.45, 2.75) is 13.5 Å². The average Bonchev–Trinajstić information content (AvgIpc) is 3.05. The minimum atomic E-state index is -0.768. The molecule has 0 radical (unpaired) electrons. The van der Waals surface area contributed by atoms with Crippen LogP contribution in [0.15, 0.2) is 59.7 Å². The fourth-order valence-corrected chi connectivity index (χ4v) is 3.97. The highest BCUT2D eigenvalue weighted by atomic mass is 32.1. The lowest BCUT2D eigenvalue weighted by molar-refractivity contribution is 0.0732. The molecule has 2 heterocycles. The molecule has 0 atom stereocenters. The zero-order chi connectivity index (χ0) is 20.5. The number of halogens is 2. The van der Waals surface area contributed by atoms with Gasteiger partial charge in [0.15, 0.2) is 11.6 Å². The van der Waals surface area contributed by atoms with Gasteiger partial charge in [0.05, 0.1) is 18.3 Å². The minimum Gasteiger partial charge on any atom is -0.419 e. The zero-order valence-corrected chi connectivity index (χ0v) is 16.0. The first-order chi connectivity index (χ1) is 14.0. The summed E-state index contributed by atoms with van der Waals surface area (Å²) in [6.45, 7) is 1.62. The molecular weight excluding hydrogens is 398 g/mol. The van der Waals surface area contributed by atoms with E-state index in [4.69, 9.17) is 4.74 Å². The van der Waals surface area contributed by atoms with Crippen molar-refractivity contribution >= 4 is 27.5 Å². The number of aromatic nitrogens is 2. The van der Waals surface area contributed by atoms with Crippen LogP contribution in [0, 0.1) is 18.6 Å². The summed E-state index contributed by atoms with van der Waals surface area (Å²) in [5.74, 6) is -2.05. The molecule has 29 heavy (non-hydrogen) atoms. The largest absolute Gasteiger partial charge is 0.419 e. The van der Waals surface area contributed by atoms with Gasteiger partial charge >= 0.3 is 5.97 Å². The van der Waals surface area contributed by atoms with Crippen LogP contribution < -0.4 is 10.3 Å². The highest BCUT2D eigenvalue weighted by molar-refractivity contribution is 7.20. The third kappa shape index (κ3) is 3.54. The van der Waals surface area contributed by atoms with Crippen LogP contribution in [0.25, 0.3) is 10.2 Å². The minimum absolute atomic E-state index is 0.0126. The molecule has 0 aliphatic carbocycles. The Morgan fingerprint density at radius 2 is 1.79 bits per heavy atom. The number of nitrogens with zero attached hydrogens (tertiary/aromatic N) is 2. The number of rotatable bonds is 4. The molecule has 0 bridgehead atoms. The van der Waals surface area contributed by atoms with E-state index in [9.17, 15) is 18.4 Å². The molecule has 0 unspecified atom stereocenters. The second kappa shape index (κ2) is 7.56. The number of hydrogen-bond donors (Lipinski definition) is 0. The lowest BCUT2D eigenvalue weighted by Gasteiger charge is -2.06. The van der Waals surface area contributed by atoms with Crippen LogP contribution in [0.2, 0.25) is 0 Å². The Kier molecular flexibility index (Phi) is 4.94. The first-order valence-electron chi connectivity index (χ1n) is 8.64. The van der Waals surface area contributed by atoms with Crippen LogP contribution in [0.3, 0.4) is 0 Å². The highest BCUT2D eigenvalue weighted by Crippen LogP contribution is 2.28. The van der Waals surface area contributed by atoms with Gasteiger partial charge in [0, 0.05) is 5.56 Å².